The summed E-state index contributed by atoms with van der Waals surface area (Å²) in [6.07, 6.45) is -4.67. The van der Waals surface area contributed by atoms with Gasteiger partial charge in [0.25, 0.3) is 0 Å². The molecule has 0 saturated carbocycles. The van der Waals surface area contributed by atoms with Crippen LogP contribution in [0.3, 0.4) is 0 Å². The number of hydrogen-bond donors (Lipinski definition) is 1. The molecule has 0 aliphatic heterocycles. The molecule has 1 aromatic heterocycles. The quantitative estimate of drug-likeness (QED) is 0.694. The highest BCUT2D eigenvalue weighted by Crippen LogP contribution is 2.32. The van der Waals surface area contributed by atoms with Gasteiger partial charge in [-0.15, -0.1) is 0 Å². The number of ether oxygens (including phenoxy) is 1. The van der Waals surface area contributed by atoms with Crippen LogP contribution < -0.4 is 5.73 Å². The van der Waals surface area contributed by atoms with Crippen LogP contribution in [0.5, 0.6) is 0 Å². The predicted molar refractivity (Wildman–Crippen MR) is 65.8 cm³/mol. The Morgan fingerprint density at radius 3 is 2.75 bits per heavy atom. The molecular weight excluding hydrogens is 275 g/mol. The third-order valence-corrected chi connectivity index (χ3v) is 2.62. The van der Waals surface area contributed by atoms with E-state index in [0.29, 0.717) is 5.69 Å². The van der Waals surface area contributed by atoms with Gasteiger partial charge in [-0.3, -0.25) is 4.79 Å². The van der Waals surface area contributed by atoms with Crippen LogP contribution in [0.4, 0.5) is 18.9 Å². The van der Waals surface area contributed by atoms with E-state index in [9.17, 15) is 18.0 Å². The summed E-state index contributed by atoms with van der Waals surface area (Å²) in [5.74, 6) is -1.90. The maximum Gasteiger partial charge on any atom is 0.449 e. The third-order valence-electron chi connectivity index (χ3n) is 2.62. The second-order valence-electron chi connectivity index (χ2n) is 4.07. The third kappa shape index (κ3) is 2.68. The number of carbonyl (C=O) groups is 1. The van der Waals surface area contributed by atoms with Crippen LogP contribution >= 0.6 is 0 Å². The Balaban J connectivity index is 2.56. The van der Waals surface area contributed by atoms with Crippen molar-refractivity contribution >= 4 is 22.7 Å². The highest BCUT2D eigenvalue weighted by atomic mass is 19.4. The van der Waals surface area contributed by atoms with Crippen LogP contribution in [0, 0.1) is 0 Å². The number of esters is 1. The molecule has 0 radical (unpaired) electrons. The molecule has 1 aromatic carbocycles. The van der Waals surface area contributed by atoms with Crippen molar-refractivity contribution < 1.29 is 22.7 Å². The van der Waals surface area contributed by atoms with Gasteiger partial charge in [-0.05, 0) is 25.1 Å². The Morgan fingerprint density at radius 1 is 1.45 bits per heavy atom. The molecule has 0 unspecified atom stereocenters. The first kappa shape index (κ1) is 14.2. The topological polar surface area (TPSA) is 70.1 Å². The van der Waals surface area contributed by atoms with E-state index in [1.807, 2.05) is 0 Å². The van der Waals surface area contributed by atoms with Gasteiger partial charge in [0.2, 0.25) is 5.82 Å². The fraction of sp³-hybridized carbons (Fsp3) is 0.333. The molecule has 0 spiro atoms. The van der Waals surface area contributed by atoms with Crippen LogP contribution in [0.25, 0.3) is 11.0 Å². The largest absolute Gasteiger partial charge is 0.465 e. The molecule has 1 heterocycles. The lowest BCUT2D eigenvalue weighted by Gasteiger charge is -2.10. The molecule has 2 N–H and O–H groups in total. The van der Waals surface area contributed by atoms with E-state index in [0.717, 1.165) is 4.57 Å². The normalized spacial score (nSPS) is 11.8. The molecule has 108 valence electrons. The minimum absolute atomic E-state index is 0.0848. The minimum atomic E-state index is -4.67. The summed E-state index contributed by atoms with van der Waals surface area (Å²) in [6.45, 7) is 1.12. The number of nitrogen functional groups attached to an aromatic ring is 1. The van der Waals surface area contributed by atoms with Crippen LogP contribution in [-0.4, -0.2) is 22.1 Å². The number of halogens is 3. The van der Waals surface area contributed by atoms with Crippen molar-refractivity contribution in [2.45, 2.75) is 19.6 Å². The van der Waals surface area contributed by atoms with Crippen molar-refractivity contribution in [3.8, 4) is 0 Å². The molecule has 0 amide bonds. The number of anilines is 1. The fourth-order valence-electron chi connectivity index (χ4n) is 1.86. The van der Waals surface area contributed by atoms with Gasteiger partial charge in [-0.2, -0.15) is 13.2 Å². The first-order valence-corrected chi connectivity index (χ1v) is 5.81. The maximum absolute atomic E-state index is 13.0. The molecule has 2 aromatic rings. The maximum atomic E-state index is 13.0. The number of hydrogen-bond acceptors (Lipinski definition) is 4. The Labute approximate surface area is 112 Å². The summed E-state index contributed by atoms with van der Waals surface area (Å²) in [5.41, 5.74) is 6.08. The monoisotopic (exact) mass is 287 g/mol. The molecule has 0 saturated heterocycles. The number of alkyl halides is 3. The first-order valence-electron chi connectivity index (χ1n) is 5.81. The standard InChI is InChI=1S/C12H12F3N3O2/c1-2-20-10(19)6-18-9-4-3-7(16)5-8(9)17-11(18)12(13,14)15/h3-5H,2,6,16H2,1H3. The van der Waals surface area contributed by atoms with E-state index in [4.69, 9.17) is 5.73 Å². The summed E-state index contributed by atoms with van der Waals surface area (Å²) in [7, 11) is 0. The molecule has 20 heavy (non-hydrogen) atoms. The molecule has 5 nitrogen and oxygen atoms in total. The van der Waals surface area contributed by atoms with Crippen molar-refractivity contribution in [2.75, 3.05) is 12.3 Å². The van der Waals surface area contributed by atoms with Gasteiger partial charge in [0.05, 0.1) is 17.6 Å². The van der Waals surface area contributed by atoms with E-state index < -0.39 is 24.5 Å². The number of carbonyl (C=O) groups excluding carboxylic acids is 1. The van der Waals surface area contributed by atoms with Crippen molar-refractivity contribution in [2.24, 2.45) is 0 Å². The van der Waals surface area contributed by atoms with E-state index >= 15 is 0 Å². The van der Waals surface area contributed by atoms with Gasteiger partial charge in [0.15, 0.2) is 0 Å². The van der Waals surface area contributed by atoms with Crippen molar-refractivity contribution in [3.63, 3.8) is 0 Å². The smallest absolute Gasteiger partial charge is 0.449 e. The number of imidazole rings is 1. The summed E-state index contributed by atoms with van der Waals surface area (Å²) < 4.78 is 44.3. The van der Waals surface area contributed by atoms with Gasteiger partial charge in [-0.1, -0.05) is 0 Å². The second-order valence-corrected chi connectivity index (χ2v) is 4.07. The second kappa shape index (κ2) is 5.03. The number of fused-ring (bicyclic) bond motifs is 1. The lowest BCUT2D eigenvalue weighted by Crippen LogP contribution is -2.20. The van der Waals surface area contributed by atoms with Crippen LogP contribution in [0.2, 0.25) is 0 Å². The lowest BCUT2D eigenvalue weighted by molar-refractivity contribution is -0.150. The number of benzene rings is 1. The van der Waals surface area contributed by atoms with E-state index in [1.54, 1.807) is 6.92 Å². The fourth-order valence-corrected chi connectivity index (χ4v) is 1.86. The van der Waals surface area contributed by atoms with Gasteiger partial charge < -0.3 is 15.0 Å². The van der Waals surface area contributed by atoms with Gasteiger partial charge in [-0.25, -0.2) is 4.98 Å². The van der Waals surface area contributed by atoms with Gasteiger partial charge >= 0.3 is 12.1 Å². The van der Waals surface area contributed by atoms with Gasteiger partial charge in [0.1, 0.15) is 6.54 Å². The molecule has 0 aliphatic carbocycles. The van der Waals surface area contributed by atoms with Crippen LogP contribution in [0.1, 0.15) is 12.7 Å². The summed E-state index contributed by atoms with van der Waals surface area (Å²) in [4.78, 5) is 14.9. The lowest BCUT2D eigenvalue weighted by atomic mass is 10.3. The van der Waals surface area contributed by atoms with Crippen molar-refractivity contribution in [1.29, 1.82) is 0 Å². The van der Waals surface area contributed by atoms with E-state index in [-0.39, 0.29) is 17.6 Å². The molecule has 0 bridgehead atoms. The zero-order chi connectivity index (χ0) is 14.9. The molecule has 8 heteroatoms. The Bertz CT molecular complexity index is 649. The van der Waals surface area contributed by atoms with Crippen LogP contribution in [-0.2, 0) is 22.3 Å². The van der Waals surface area contributed by atoms with Gasteiger partial charge in [0, 0.05) is 5.69 Å². The number of rotatable bonds is 3. The van der Waals surface area contributed by atoms with E-state index in [1.165, 1.54) is 18.2 Å². The zero-order valence-corrected chi connectivity index (χ0v) is 10.6. The van der Waals surface area contributed by atoms with E-state index in [2.05, 4.69) is 9.72 Å². The summed E-state index contributed by atoms with van der Waals surface area (Å²) in [5, 5.41) is 0. The average molecular weight is 287 g/mol. The van der Waals surface area contributed by atoms with Crippen molar-refractivity contribution in [3.05, 3.63) is 24.0 Å². The molecule has 2 rings (SSSR count). The molecule has 0 atom stereocenters. The Hall–Kier alpha value is -2.25. The average Bonchev–Trinajstić information content (AvgIpc) is 2.67. The van der Waals surface area contributed by atoms with Crippen LogP contribution in [0.15, 0.2) is 18.2 Å². The highest BCUT2D eigenvalue weighted by Gasteiger charge is 2.38. The molecular formula is C12H12F3N3O2. The molecule has 0 fully saturated rings. The Morgan fingerprint density at radius 2 is 2.15 bits per heavy atom. The number of aromatic nitrogens is 2. The summed E-state index contributed by atoms with van der Waals surface area (Å²) in [6, 6.07) is 4.17. The summed E-state index contributed by atoms with van der Waals surface area (Å²) >= 11 is 0. The SMILES string of the molecule is CCOC(=O)Cn1c(C(F)(F)F)nc2cc(N)ccc21. The Kier molecular flexibility index (Phi) is 3.56. The van der Waals surface area contributed by atoms with Crippen molar-refractivity contribution in [1.82, 2.24) is 9.55 Å². The number of nitrogens with two attached hydrogens (primary N) is 1. The molecule has 0 aliphatic rings. The first-order chi connectivity index (χ1) is 9.32. The predicted octanol–water partition coefficient (Wildman–Crippen LogP) is 2.20. The zero-order valence-electron chi connectivity index (χ0n) is 10.6. The minimum Gasteiger partial charge on any atom is -0.465 e. The number of nitrogens with zero attached hydrogens (tertiary/aromatic N) is 2. The highest BCUT2D eigenvalue weighted by molar-refractivity contribution is 5.81.